The van der Waals surface area contributed by atoms with Crippen LogP contribution in [-0.4, -0.2) is 22.6 Å². The molecule has 4 N–H and O–H groups in total. The molecule has 0 radical (unpaired) electrons. The highest BCUT2D eigenvalue weighted by Crippen LogP contribution is 2.29. The smallest absolute Gasteiger partial charge is 0.256 e. The predicted octanol–water partition coefficient (Wildman–Crippen LogP) is 1.94. The van der Waals surface area contributed by atoms with Crippen LogP contribution >= 0.6 is 0 Å². The largest absolute Gasteiger partial charge is 0.383 e. The molecule has 0 unspecified atom stereocenters. The number of hydrogen-bond acceptors (Lipinski definition) is 3. The van der Waals surface area contributed by atoms with Crippen LogP contribution in [0.1, 0.15) is 49.4 Å². The van der Waals surface area contributed by atoms with Crippen molar-refractivity contribution in [3.8, 4) is 0 Å². The SMILES string of the molecule is CC1CCC(CCNC(=O)c2cn[nH]c2N)CC1. The molecule has 1 aliphatic rings. The Kier molecular flexibility index (Phi) is 4.23. The van der Waals surface area contributed by atoms with E-state index >= 15 is 0 Å². The maximum Gasteiger partial charge on any atom is 0.256 e. The van der Waals surface area contributed by atoms with Crippen LogP contribution in [0.25, 0.3) is 0 Å². The zero-order valence-corrected chi connectivity index (χ0v) is 10.9. The molecule has 0 saturated heterocycles. The summed E-state index contributed by atoms with van der Waals surface area (Å²) in [5, 5.41) is 9.20. The molecule has 1 aromatic heterocycles. The first-order valence-corrected chi connectivity index (χ1v) is 6.74. The molecule has 1 fully saturated rings. The summed E-state index contributed by atoms with van der Waals surface area (Å²) in [6.07, 6.45) is 7.78. The van der Waals surface area contributed by atoms with Crippen LogP contribution in [0.2, 0.25) is 0 Å². The number of hydrogen-bond donors (Lipinski definition) is 3. The van der Waals surface area contributed by atoms with E-state index in [1.54, 1.807) is 0 Å². The van der Waals surface area contributed by atoms with E-state index in [1.807, 2.05) is 0 Å². The maximum atomic E-state index is 11.8. The Morgan fingerprint density at radius 2 is 2.22 bits per heavy atom. The number of aromatic amines is 1. The normalized spacial score (nSPS) is 23.8. The number of nitrogen functional groups attached to an aromatic ring is 1. The van der Waals surface area contributed by atoms with E-state index in [0.29, 0.717) is 11.4 Å². The van der Waals surface area contributed by atoms with Gasteiger partial charge in [0.1, 0.15) is 11.4 Å². The molecular weight excluding hydrogens is 228 g/mol. The number of amides is 1. The summed E-state index contributed by atoms with van der Waals surface area (Å²) in [5.74, 6) is 1.84. The number of H-pyrrole nitrogens is 1. The van der Waals surface area contributed by atoms with Gasteiger partial charge in [-0.1, -0.05) is 32.6 Å². The Hall–Kier alpha value is -1.52. The molecule has 0 aromatic carbocycles. The highest BCUT2D eigenvalue weighted by Gasteiger charge is 2.18. The third-order valence-electron chi connectivity index (χ3n) is 3.89. The van der Waals surface area contributed by atoms with Gasteiger partial charge >= 0.3 is 0 Å². The van der Waals surface area contributed by atoms with Gasteiger partial charge in [-0.2, -0.15) is 5.10 Å². The van der Waals surface area contributed by atoms with E-state index in [0.717, 1.165) is 24.8 Å². The van der Waals surface area contributed by atoms with E-state index in [9.17, 15) is 4.79 Å². The highest BCUT2D eigenvalue weighted by molar-refractivity contribution is 5.97. The minimum absolute atomic E-state index is 0.134. The van der Waals surface area contributed by atoms with Gasteiger partial charge in [0, 0.05) is 6.54 Å². The molecule has 18 heavy (non-hydrogen) atoms. The van der Waals surface area contributed by atoms with Crippen molar-refractivity contribution in [1.82, 2.24) is 15.5 Å². The van der Waals surface area contributed by atoms with Crippen LogP contribution < -0.4 is 11.1 Å². The molecule has 100 valence electrons. The lowest BCUT2D eigenvalue weighted by Crippen LogP contribution is -2.27. The standard InChI is InChI=1S/C13H22N4O/c1-9-2-4-10(5-3-9)6-7-15-13(18)11-8-16-17-12(11)14/h8-10H,2-7H2,1H3,(H,15,18)(H3,14,16,17). The Labute approximate surface area is 108 Å². The van der Waals surface area contributed by atoms with E-state index < -0.39 is 0 Å². The fourth-order valence-electron chi connectivity index (χ4n) is 2.58. The minimum Gasteiger partial charge on any atom is -0.383 e. The first-order chi connectivity index (χ1) is 8.66. The van der Waals surface area contributed by atoms with Crippen LogP contribution in [0.4, 0.5) is 5.82 Å². The average molecular weight is 250 g/mol. The van der Waals surface area contributed by atoms with Gasteiger partial charge in [0.25, 0.3) is 5.91 Å². The number of anilines is 1. The Morgan fingerprint density at radius 3 is 2.83 bits per heavy atom. The summed E-state index contributed by atoms with van der Waals surface area (Å²) in [6, 6.07) is 0. The monoisotopic (exact) mass is 250 g/mol. The molecule has 0 atom stereocenters. The van der Waals surface area contributed by atoms with E-state index in [-0.39, 0.29) is 5.91 Å². The molecule has 2 rings (SSSR count). The molecule has 0 bridgehead atoms. The van der Waals surface area contributed by atoms with Crippen molar-refractivity contribution < 1.29 is 4.79 Å². The van der Waals surface area contributed by atoms with Crippen LogP contribution in [0, 0.1) is 11.8 Å². The number of carbonyl (C=O) groups excluding carboxylic acids is 1. The van der Waals surface area contributed by atoms with Crippen molar-refractivity contribution >= 4 is 11.7 Å². The first-order valence-electron chi connectivity index (χ1n) is 6.74. The fourth-order valence-corrected chi connectivity index (χ4v) is 2.58. The number of carbonyl (C=O) groups is 1. The van der Waals surface area contributed by atoms with Gasteiger partial charge in [-0.3, -0.25) is 9.89 Å². The molecule has 1 aromatic rings. The molecule has 1 amide bonds. The number of rotatable bonds is 4. The topological polar surface area (TPSA) is 83.8 Å². The van der Waals surface area contributed by atoms with Crippen molar-refractivity contribution in [3.05, 3.63) is 11.8 Å². The van der Waals surface area contributed by atoms with Gasteiger partial charge < -0.3 is 11.1 Å². The fraction of sp³-hybridized carbons (Fsp3) is 0.692. The molecule has 1 aliphatic carbocycles. The molecule has 5 heteroatoms. The molecule has 0 aliphatic heterocycles. The third-order valence-corrected chi connectivity index (χ3v) is 3.89. The predicted molar refractivity (Wildman–Crippen MR) is 71.1 cm³/mol. The summed E-state index contributed by atoms with van der Waals surface area (Å²) in [4.78, 5) is 11.8. The second-order valence-corrected chi connectivity index (χ2v) is 5.37. The van der Waals surface area contributed by atoms with E-state index in [4.69, 9.17) is 5.73 Å². The second-order valence-electron chi connectivity index (χ2n) is 5.37. The van der Waals surface area contributed by atoms with Crippen LogP contribution in [0.15, 0.2) is 6.20 Å². The summed E-state index contributed by atoms with van der Waals surface area (Å²) >= 11 is 0. The summed E-state index contributed by atoms with van der Waals surface area (Å²) in [7, 11) is 0. The lowest BCUT2D eigenvalue weighted by Gasteiger charge is -2.26. The number of aromatic nitrogens is 2. The zero-order chi connectivity index (χ0) is 13.0. The van der Waals surface area contributed by atoms with Crippen LogP contribution in [0.5, 0.6) is 0 Å². The first kappa shape index (κ1) is 12.9. The summed E-state index contributed by atoms with van der Waals surface area (Å²) < 4.78 is 0. The molecular formula is C13H22N4O. The summed E-state index contributed by atoms with van der Waals surface area (Å²) in [5.41, 5.74) is 6.03. The van der Waals surface area contributed by atoms with Crippen molar-refractivity contribution in [1.29, 1.82) is 0 Å². The average Bonchev–Trinajstić information content (AvgIpc) is 2.78. The van der Waals surface area contributed by atoms with E-state index in [1.165, 1.54) is 31.9 Å². The zero-order valence-electron chi connectivity index (χ0n) is 10.9. The minimum atomic E-state index is -0.134. The maximum absolute atomic E-state index is 11.8. The second kappa shape index (κ2) is 5.89. The lowest BCUT2D eigenvalue weighted by atomic mass is 9.81. The van der Waals surface area contributed by atoms with Gasteiger partial charge in [0.15, 0.2) is 0 Å². The molecule has 0 spiro atoms. The van der Waals surface area contributed by atoms with Gasteiger partial charge in [-0.05, 0) is 18.3 Å². The number of nitrogens with zero attached hydrogens (tertiary/aromatic N) is 1. The molecule has 1 saturated carbocycles. The van der Waals surface area contributed by atoms with Crippen molar-refractivity contribution in [2.75, 3.05) is 12.3 Å². The Morgan fingerprint density at radius 1 is 1.50 bits per heavy atom. The van der Waals surface area contributed by atoms with Gasteiger partial charge in [0.05, 0.1) is 6.20 Å². The highest BCUT2D eigenvalue weighted by atomic mass is 16.1. The van der Waals surface area contributed by atoms with Crippen molar-refractivity contribution in [3.63, 3.8) is 0 Å². The van der Waals surface area contributed by atoms with E-state index in [2.05, 4.69) is 22.4 Å². The van der Waals surface area contributed by atoms with Crippen molar-refractivity contribution in [2.45, 2.75) is 39.0 Å². The number of nitrogens with one attached hydrogen (secondary N) is 2. The summed E-state index contributed by atoms with van der Waals surface area (Å²) in [6.45, 7) is 3.04. The Balaban J connectivity index is 1.69. The Bertz CT molecular complexity index is 393. The van der Waals surface area contributed by atoms with Crippen LogP contribution in [-0.2, 0) is 0 Å². The molecule has 5 nitrogen and oxygen atoms in total. The van der Waals surface area contributed by atoms with Crippen molar-refractivity contribution in [2.24, 2.45) is 11.8 Å². The lowest BCUT2D eigenvalue weighted by molar-refractivity contribution is 0.0950. The quantitative estimate of drug-likeness (QED) is 0.763. The van der Waals surface area contributed by atoms with Gasteiger partial charge in [-0.25, -0.2) is 0 Å². The van der Waals surface area contributed by atoms with Gasteiger partial charge in [0.2, 0.25) is 0 Å². The van der Waals surface area contributed by atoms with Gasteiger partial charge in [-0.15, -0.1) is 0 Å². The molecule has 1 heterocycles. The third kappa shape index (κ3) is 3.24. The number of nitrogens with two attached hydrogens (primary N) is 1. The van der Waals surface area contributed by atoms with Crippen LogP contribution in [0.3, 0.4) is 0 Å².